The van der Waals surface area contributed by atoms with Gasteiger partial charge in [-0.2, -0.15) is 10.4 Å². The molecule has 0 spiro atoms. The first-order valence-corrected chi connectivity index (χ1v) is 9.01. The lowest BCUT2D eigenvalue weighted by atomic mass is 10.3. The van der Waals surface area contributed by atoms with Gasteiger partial charge in [0.15, 0.2) is 5.57 Å². The Morgan fingerprint density at radius 1 is 1.28 bits per heavy atom. The number of nitrogens with zero attached hydrogens (tertiary/aromatic N) is 3. The lowest BCUT2D eigenvalue weighted by molar-refractivity contribution is -0.140. The highest BCUT2D eigenvalue weighted by Gasteiger charge is 2.17. The minimum atomic E-state index is -0.683. The lowest BCUT2D eigenvalue weighted by Gasteiger charge is -2.11. The van der Waals surface area contributed by atoms with Gasteiger partial charge in [-0.1, -0.05) is 0 Å². The van der Waals surface area contributed by atoms with Gasteiger partial charge in [-0.3, -0.25) is 0 Å². The average Bonchev–Trinajstić information content (AvgIpc) is 2.63. The molecule has 9 heteroatoms. The summed E-state index contributed by atoms with van der Waals surface area (Å²) in [5.41, 5.74) is 0.569. The van der Waals surface area contributed by atoms with Crippen LogP contribution >= 0.6 is 11.8 Å². The molecule has 1 aromatic heterocycles. The Kier molecular flexibility index (Phi) is 10.0. The zero-order valence-corrected chi connectivity index (χ0v) is 15.4. The third-order valence-corrected chi connectivity index (χ3v) is 3.59. The van der Waals surface area contributed by atoms with Crippen molar-refractivity contribution in [3.05, 3.63) is 28.4 Å². The molecule has 136 valence electrons. The molecular formula is C16H22N4O4S. The summed E-state index contributed by atoms with van der Waals surface area (Å²) >= 11 is 1.25. The van der Waals surface area contributed by atoms with Crippen molar-refractivity contribution in [2.45, 2.75) is 20.4 Å². The largest absolute Gasteiger partial charge is 0.477 e. The second-order valence-electron chi connectivity index (χ2n) is 4.50. The third-order valence-electron chi connectivity index (χ3n) is 2.83. The highest BCUT2D eigenvalue weighted by molar-refractivity contribution is 8.02. The smallest absolute Gasteiger partial charge is 0.351 e. The second-order valence-corrected chi connectivity index (χ2v) is 5.32. The first-order chi connectivity index (χ1) is 12.2. The number of rotatable bonds is 11. The molecule has 0 bridgehead atoms. The number of nitrogens with one attached hydrogen (secondary N) is 1. The van der Waals surface area contributed by atoms with Crippen LogP contribution in [0, 0.1) is 11.3 Å². The SMILES string of the molecule is CCOCCOC(=O)/C(C#N)=C(\NCc1ccc(OCC)nn1)SC. The van der Waals surface area contributed by atoms with Crippen LogP contribution in [0.5, 0.6) is 5.88 Å². The molecule has 0 atom stereocenters. The predicted molar refractivity (Wildman–Crippen MR) is 93.6 cm³/mol. The Morgan fingerprint density at radius 3 is 2.64 bits per heavy atom. The maximum atomic E-state index is 12.0. The summed E-state index contributed by atoms with van der Waals surface area (Å²) in [5, 5.41) is 20.6. The van der Waals surface area contributed by atoms with Crippen LogP contribution in [-0.4, -0.2) is 48.8 Å². The first-order valence-electron chi connectivity index (χ1n) is 7.78. The molecule has 0 saturated heterocycles. The molecule has 8 nitrogen and oxygen atoms in total. The molecule has 1 aromatic rings. The molecule has 0 aliphatic rings. The van der Waals surface area contributed by atoms with Crippen LogP contribution < -0.4 is 10.1 Å². The number of thioether (sulfide) groups is 1. The number of ether oxygens (including phenoxy) is 3. The van der Waals surface area contributed by atoms with E-state index in [0.29, 0.717) is 43.0 Å². The van der Waals surface area contributed by atoms with Gasteiger partial charge in [0.05, 0.1) is 30.5 Å². The molecule has 25 heavy (non-hydrogen) atoms. The fourth-order valence-electron chi connectivity index (χ4n) is 1.70. The van der Waals surface area contributed by atoms with Crippen LogP contribution in [-0.2, 0) is 20.8 Å². The van der Waals surface area contributed by atoms with Gasteiger partial charge >= 0.3 is 5.97 Å². The van der Waals surface area contributed by atoms with Crippen molar-refractivity contribution in [3.8, 4) is 11.9 Å². The molecule has 0 fully saturated rings. The summed E-state index contributed by atoms with van der Waals surface area (Å²) in [6.45, 7) is 5.48. The molecule has 0 aliphatic heterocycles. The summed E-state index contributed by atoms with van der Waals surface area (Å²) in [6.07, 6.45) is 1.76. The van der Waals surface area contributed by atoms with Crippen LogP contribution in [0.25, 0.3) is 0 Å². The summed E-state index contributed by atoms with van der Waals surface area (Å²) in [6, 6.07) is 5.35. The van der Waals surface area contributed by atoms with Gasteiger partial charge in [0, 0.05) is 12.7 Å². The standard InChI is InChI=1S/C16H22N4O4S/c1-4-22-8-9-24-16(21)13(10-17)15(25-3)18-11-12-6-7-14(20-19-12)23-5-2/h6-7,18H,4-5,8-9,11H2,1-3H3/b15-13+. The van der Waals surface area contributed by atoms with Crippen molar-refractivity contribution in [1.29, 1.82) is 5.26 Å². The summed E-state index contributed by atoms with van der Waals surface area (Å²) in [4.78, 5) is 12.0. The van der Waals surface area contributed by atoms with Crippen molar-refractivity contribution in [2.24, 2.45) is 0 Å². The molecule has 0 amide bonds. The molecule has 1 heterocycles. The Bertz CT molecular complexity index is 614. The maximum absolute atomic E-state index is 12.0. The van der Waals surface area contributed by atoms with E-state index in [4.69, 9.17) is 14.2 Å². The fraction of sp³-hybridized carbons (Fsp3) is 0.500. The molecule has 0 aliphatic carbocycles. The minimum absolute atomic E-state index is 0.0807. The lowest BCUT2D eigenvalue weighted by Crippen LogP contribution is -2.19. The van der Waals surface area contributed by atoms with Gasteiger partial charge in [0.25, 0.3) is 0 Å². The topological polar surface area (TPSA) is 106 Å². The molecule has 0 radical (unpaired) electrons. The molecule has 1 rings (SSSR count). The second kappa shape index (κ2) is 12.1. The summed E-state index contributed by atoms with van der Waals surface area (Å²) < 4.78 is 15.4. The number of aromatic nitrogens is 2. The number of hydrogen-bond donors (Lipinski definition) is 1. The number of nitriles is 1. The van der Waals surface area contributed by atoms with Gasteiger partial charge in [0.2, 0.25) is 5.88 Å². The normalized spacial score (nSPS) is 11.3. The van der Waals surface area contributed by atoms with Gasteiger partial charge in [-0.05, 0) is 26.2 Å². The van der Waals surface area contributed by atoms with Gasteiger partial charge in [-0.25, -0.2) is 4.79 Å². The molecular weight excluding hydrogens is 344 g/mol. The van der Waals surface area contributed by atoms with Gasteiger partial charge in [0.1, 0.15) is 12.7 Å². The zero-order chi connectivity index (χ0) is 18.5. The Hall–Kier alpha value is -2.31. The highest BCUT2D eigenvalue weighted by Crippen LogP contribution is 2.16. The highest BCUT2D eigenvalue weighted by atomic mass is 32.2. The average molecular weight is 366 g/mol. The monoisotopic (exact) mass is 366 g/mol. The van der Waals surface area contributed by atoms with Crippen LogP contribution in [0.3, 0.4) is 0 Å². The first kappa shape index (κ1) is 20.7. The third kappa shape index (κ3) is 7.41. The van der Waals surface area contributed by atoms with Crippen LogP contribution in [0.15, 0.2) is 22.7 Å². The van der Waals surface area contributed by atoms with Crippen molar-refractivity contribution in [1.82, 2.24) is 15.5 Å². The quantitative estimate of drug-likeness (QED) is 0.271. The Labute approximate surface area is 151 Å². The number of esters is 1. The molecule has 1 N–H and O–H groups in total. The molecule has 0 aromatic carbocycles. The number of hydrogen-bond acceptors (Lipinski definition) is 9. The van der Waals surface area contributed by atoms with Gasteiger partial charge in [-0.15, -0.1) is 16.9 Å². The fourth-order valence-corrected chi connectivity index (χ4v) is 2.25. The van der Waals surface area contributed by atoms with Crippen LogP contribution in [0.4, 0.5) is 0 Å². The zero-order valence-electron chi connectivity index (χ0n) is 14.6. The predicted octanol–water partition coefficient (Wildman–Crippen LogP) is 1.64. The number of carbonyl (C=O) groups excluding carboxylic acids is 1. The van der Waals surface area contributed by atoms with Gasteiger partial charge < -0.3 is 19.5 Å². The summed E-state index contributed by atoms with van der Waals surface area (Å²) in [7, 11) is 0. The van der Waals surface area contributed by atoms with Crippen molar-refractivity contribution < 1.29 is 19.0 Å². The van der Waals surface area contributed by atoms with E-state index >= 15 is 0 Å². The Balaban J connectivity index is 2.68. The van der Waals surface area contributed by atoms with E-state index in [2.05, 4.69) is 15.5 Å². The summed E-state index contributed by atoms with van der Waals surface area (Å²) in [5.74, 6) is -0.237. The Morgan fingerprint density at radius 2 is 2.08 bits per heavy atom. The molecule has 0 saturated carbocycles. The van der Waals surface area contributed by atoms with E-state index in [1.807, 2.05) is 19.9 Å². The van der Waals surface area contributed by atoms with Crippen molar-refractivity contribution in [3.63, 3.8) is 0 Å². The van der Waals surface area contributed by atoms with E-state index in [1.54, 1.807) is 18.4 Å². The van der Waals surface area contributed by atoms with Crippen LogP contribution in [0.1, 0.15) is 19.5 Å². The van der Waals surface area contributed by atoms with E-state index in [0.717, 1.165) is 0 Å². The minimum Gasteiger partial charge on any atom is -0.477 e. The van der Waals surface area contributed by atoms with E-state index in [9.17, 15) is 10.1 Å². The maximum Gasteiger partial charge on any atom is 0.351 e. The molecule has 0 unspecified atom stereocenters. The van der Waals surface area contributed by atoms with Crippen molar-refractivity contribution >= 4 is 17.7 Å². The van der Waals surface area contributed by atoms with Crippen LogP contribution in [0.2, 0.25) is 0 Å². The van der Waals surface area contributed by atoms with E-state index in [1.165, 1.54) is 11.8 Å². The number of carbonyl (C=O) groups is 1. The van der Waals surface area contributed by atoms with Crippen molar-refractivity contribution in [2.75, 3.05) is 32.7 Å². The van der Waals surface area contributed by atoms with E-state index < -0.39 is 5.97 Å². The van der Waals surface area contributed by atoms with E-state index in [-0.39, 0.29) is 12.2 Å².